The van der Waals surface area contributed by atoms with Gasteiger partial charge in [-0.3, -0.25) is 0 Å². The number of carbonyl (C=O) groups is 1. The summed E-state index contributed by atoms with van der Waals surface area (Å²) in [7, 11) is 0. The topological polar surface area (TPSA) is 17.1 Å². The first-order valence-corrected chi connectivity index (χ1v) is 5.63. The predicted octanol–water partition coefficient (Wildman–Crippen LogP) is 3.11. The Kier molecular flexibility index (Phi) is 2.41. The quantitative estimate of drug-likeness (QED) is 0.688. The van der Waals surface area contributed by atoms with Gasteiger partial charge in [-0.1, -0.05) is 43.7 Å². The number of hydrogen-bond acceptors (Lipinski definition) is 1. The number of aryl methyl sites for hydroxylation is 1. The van der Waals surface area contributed by atoms with E-state index < -0.39 is 0 Å². The zero-order chi connectivity index (χ0) is 11.1. The van der Waals surface area contributed by atoms with Gasteiger partial charge in [0.05, 0.1) is 0 Å². The van der Waals surface area contributed by atoms with Crippen molar-refractivity contribution in [1.29, 1.82) is 0 Å². The third-order valence-corrected chi connectivity index (χ3v) is 3.81. The van der Waals surface area contributed by atoms with Crippen molar-refractivity contribution in [2.75, 3.05) is 0 Å². The van der Waals surface area contributed by atoms with E-state index in [1.54, 1.807) is 0 Å². The lowest BCUT2D eigenvalue weighted by molar-refractivity contribution is -0.109. The summed E-state index contributed by atoms with van der Waals surface area (Å²) in [5.74, 6) is 0.772. The second kappa shape index (κ2) is 3.48. The average Bonchev–Trinajstić information content (AvgIpc) is 2.93. The van der Waals surface area contributed by atoms with Crippen molar-refractivity contribution in [1.82, 2.24) is 0 Å². The fourth-order valence-electron chi connectivity index (χ4n) is 2.74. The number of rotatable bonds is 3. The molecule has 1 nitrogen and oxygen atoms in total. The molecule has 2 atom stereocenters. The van der Waals surface area contributed by atoms with E-state index in [-0.39, 0.29) is 11.3 Å². The molecule has 0 spiro atoms. The Morgan fingerprint density at radius 2 is 2.20 bits per heavy atom. The molecule has 1 aromatic carbocycles. The number of hydrogen-bond donors (Lipinski definition) is 0. The van der Waals surface area contributed by atoms with E-state index in [1.807, 2.05) is 0 Å². The Morgan fingerprint density at radius 1 is 1.47 bits per heavy atom. The maximum atomic E-state index is 10.9. The predicted molar refractivity (Wildman–Crippen MR) is 61.9 cm³/mol. The molecule has 0 aliphatic heterocycles. The van der Waals surface area contributed by atoms with Gasteiger partial charge >= 0.3 is 0 Å². The molecule has 1 aromatic rings. The molecule has 1 aliphatic rings. The molecule has 0 bridgehead atoms. The highest BCUT2D eigenvalue weighted by Gasteiger charge is 2.57. The summed E-state index contributed by atoms with van der Waals surface area (Å²) in [6, 6.07) is 8.59. The lowest BCUT2D eigenvalue weighted by Gasteiger charge is -2.21. The largest absolute Gasteiger partial charge is 0.303 e. The molecule has 0 radical (unpaired) electrons. The van der Waals surface area contributed by atoms with Crippen LogP contribution in [-0.2, 0) is 10.2 Å². The fraction of sp³-hybridized carbons (Fsp3) is 0.500. The van der Waals surface area contributed by atoms with Crippen molar-refractivity contribution in [2.24, 2.45) is 11.8 Å². The molecule has 1 heteroatoms. The van der Waals surface area contributed by atoms with Crippen LogP contribution >= 0.6 is 0 Å². The van der Waals surface area contributed by atoms with Crippen LogP contribution in [0.2, 0.25) is 0 Å². The van der Waals surface area contributed by atoms with E-state index >= 15 is 0 Å². The first-order valence-electron chi connectivity index (χ1n) is 5.63. The molecule has 0 saturated heterocycles. The first-order chi connectivity index (χ1) is 7.11. The molecule has 2 unspecified atom stereocenters. The normalized spacial score (nSPS) is 29.2. The van der Waals surface area contributed by atoms with Gasteiger partial charge in [-0.2, -0.15) is 0 Å². The summed E-state index contributed by atoms with van der Waals surface area (Å²) in [5, 5.41) is 0. The zero-order valence-corrected chi connectivity index (χ0v) is 9.66. The monoisotopic (exact) mass is 202 g/mol. The van der Waals surface area contributed by atoms with Gasteiger partial charge in [0.1, 0.15) is 6.29 Å². The van der Waals surface area contributed by atoms with Crippen LogP contribution in [-0.4, -0.2) is 6.29 Å². The molecule has 1 saturated carbocycles. The molecule has 1 fully saturated rings. The molecular weight excluding hydrogens is 184 g/mol. The van der Waals surface area contributed by atoms with Gasteiger partial charge in [0, 0.05) is 11.3 Å². The van der Waals surface area contributed by atoms with Crippen LogP contribution < -0.4 is 0 Å². The van der Waals surface area contributed by atoms with Crippen molar-refractivity contribution in [3.05, 3.63) is 35.4 Å². The Balaban J connectivity index is 2.40. The van der Waals surface area contributed by atoms with Gasteiger partial charge < -0.3 is 4.79 Å². The minimum absolute atomic E-state index is 0.133. The molecule has 0 N–H and O–H groups in total. The molecule has 15 heavy (non-hydrogen) atoms. The zero-order valence-electron chi connectivity index (χ0n) is 9.66. The molecule has 2 rings (SSSR count). The number of carbonyl (C=O) groups excluding carboxylic acids is 1. The second-order valence-electron chi connectivity index (χ2n) is 5.01. The van der Waals surface area contributed by atoms with Crippen molar-refractivity contribution in [3.8, 4) is 0 Å². The van der Waals surface area contributed by atoms with Crippen LogP contribution in [0.4, 0.5) is 0 Å². The van der Waals surface area contributed by atoms with Gasteiger partial charge in [-0.05, 0) is 24.8 Å². The Morgan fingerprint density at radius 3 is 2.67 bits per heavy atom. The second-order valence-corrected chi connectivity index (χ2v) is 5.01. The van der Waals surface area contributed by atoms with Crippen LogP contribution in [0.3, 0.4) is 0 Å². The van der Waals surface area contributed by atoms with Gasteiger partial charge in [0.25, 0.3) is 0 Å². The lowest BCUT2D eigenvalue weighted by Crippen LogP contribution is -2.18. The van der Waals surface area contributed by atoms with E-state index in [1.165, 1.54) is 11.1 Å². The van der Waals surface area contributed by atoms with Gasteiger partial charge in [-0.15, -0.1) is 0 Å². The van der Waals surface area contributed by atoms with E-state index in [9.17, 15) is 4.79 Å². The molecule has 0 amide bonds. The van der Waals surface area contributed by atoms with Crippen molar-refractivity contribution in [3.63, 3.8) is 0 Å². The average molecular weight is 202 g/mol. The summed E-state index contributed by atoms with van der Waals surface area (Å²) in [6.45, 7) is 6.54. The number of aldehydes is 1. The summed E-state index contributed by atoms with van der Waals surface area (Å²) >= 11 is 0. The Labute approximate surface area is 91.5 Å². The van der Waals surface area contributed by atoms with Crippen molar-refractivity contribution in [2.45, 2.75) is 32.6 Å². The Bertz CT molecular complexity index is 381. The van der Waals surface area contributed by atoms with Crippen LogP contribution in [0.25, 0.3) is 0 Å². The maximum Gasteiger partial charge on any atom is 0.124 e. The highest BCUT2D eigenvalue weighted by atomic mass is 16.1. The van der Waals surface area contributed by atoms with Crippen LogP contribution in [0.5, 0.6) is 0 Å². The van der Waals surface area contributed by atoms with Gasteiger partial charge in [-0.25, -0.2) is 0 Å². The lowest BCUT2D eigenvalue weighted by atomic mass is 9.82. The highest BCUT2D eigenvalue weighted by molar-refractivity contribution is 5.65. The standard InChI is InChI=1S/C14H18O/c1-10(2)14(8-13(14)9-15)12-6-4-5-11(3)7-12/h4-7,9-10,13H,8H2,1-3H3. The highest BCUT2D eigenvalue weighted by Crippen LogP contribution is 2.58. The third-order valence-electron chi connectivity index (χ3n) is 3.81. The van der Waals surface area contributed by atoms with Gasteiger partial charge in [0.15, 0.2) is 0 Å². The summed E-state index contributed by atoms with van der Waals surface area (Å²) < 4.78 is 0. The van der Waals surface area contributed by atoms with Crippen LogP contribution in [0.1, 0.15) is 31.4 Å². The summed E-state index contributed by atoms with van der Waals surface area (Å²) in [5.41, 5.74) is 2.76. The SMILES string of the molecule is Cc1cccc(C2(C(C)C)CC2C=O)c1. The third kappa shape index (κ3) is 1.50. The minimum Gasteiger partial charge on any atom is -0.303 e. The molecule has 0 aromatic heterocycles. The molecular formula is C14H18O. The molecule has 80 valence electrons. The smallest absolute Gasteiger partial charge is 0.124 e. The van der Waals surface area contributed by atoms with E-state index in [0.29, 0.717) is 5.92 Å². The fourth-order valence-corrected chi connectivity index (χ4v) is 2.74. The van der Waals surface area contributed by atoms with Crippen LogP contribution in [0, 0.1) is 18.8 Å². The van der Waals surface area contributed by atoms with E-state index in [4.69, 9.17) is 0 Å². The van der Waals surface area contributed by atoms with Crippen molar-refractivity contribution >= 4 is 6.29 Å². The summed E-state index contributed by atoms with van der Waals surface area (Å²) in [4.78, 5) is 10.9. The Hall–Kier alpha value is -1.11. The first kappa shape index (κ1) is 10.4. The summed E-state index contributed by atoms with van der Waals surface area (Å²) in [6.07, 6.45) is 2.15. The van der Waals surface area contributed by atoms with E-state index in [0.717, 1.165) is 12.7 Å². The minimum atomic E-state index is 0.133. The molecule has 0 heterocycles. The number of benzene rings is 1. The van der Waals surface area contributed by atoms with E-state index in [2.05, 4.69) is 45.0 Å². The van der Waals surface area contributed by atoms with Crippen LogP contribution in [0.15, 0.2) is 24.3 Å². The molecule has 1 aliphatic carbocycles. The maximum absolute atomic E-state index is 10.9. The van der Waals surface area contributed by atoms with Gasteiger partial charge in [0.2, 0.25) is 0 Å². The van der Waals surface area contributed by atoms with Crippen molar-refractivity contribution < 1.29 is 4.79 Å².